The standard InChI is InChI=1S/C25H27BrN4O3/c1-32-20-6-4-18(23(15-20)33-2)16-29-22-14-19(26)5-7-21(22)24(31)17-8-12-30(13-9-17)25-27-10-3-11-28-25/h3-7,10-11,14-15,17,29H,8-9,12-13,16H2,1-2H3. The van der Waals surface area contributed by atoms with Gasteiger partial charge in [0, 0.05) is 65.3 Å². The summed E-state index contributed by atoms with van der Waals surface area (Å²) in [5, 5.41) is 3.44. The minimum atomic E-state index is -0.0257. The van der Waals surface area contributed by atoms with Crippen molar-refractivity contribution in [3.05, 3.63) is 70.5 Å². The van der Waals surface area contributed by atoms with E-state index in [4.69, 9.17) is 9.47 Å². The Morgan fingerprint density at radius 1 is 1.09 bits per heavy atom. The Labute approximate surface area is 202 Å². The van der Waals surface area contributed by atoms with E-state index in [0.29, 0.717) is 12.1 Å². The Morgan fingerprint density at radius 2 is 1.85 bits per heavy atom. The highest BCUT2D eigenvalue weighted by molar-refractivity contribution is 9.10. The van der Waals surface area contributed by atoms with Crippen LogP contribution < -0.4 is 19.7 Å². The minimum absolute atomic E-state index is 0.0257. The molecule has 1 aromatic heterocycles. The predicted octanol–water partition coefficient (Wildman–Crippen LogP) is 4.97. The molecule has 0 spiro atoms. The van der Waals surface area contributed by atoms with Gasteiger partial charge >= 0.3 is 0 Å². The van der Waals surface area contributed by atoms with Gasteiger partial charge in [0.15, 0.2) is 5.78 Å². The minimum Gasteiger partial charge on any atom is -0.497 e. The molecule has 1 aliphatic heterocycles. The number of methoxy groups -OCH3 is 2. The summed E-state index contributed by atoms with van der Waals surface area (Å²) in [6, 6.07) is 13.3. The van der Waals surface area contributed by atoms with E-state index < -0.39 is 0 Å². The van der Waals surface area contributed by atoms with Gasteiger partial charge in [-0.15, -0.1) is 0 Å². The summed E-state index contributed by atoms with van der Waals surface area (Å²) in [6.07, 6.45) is 5.05. The van der Waals surface area contributed by atoms with Gasteiger partial charge < -0.3 is 19.7 Å². The molecule has 8 heteroatoms. The first-order chi connectivity index (χ1) is 16.1. The van der Waals surface area contributed by atoms with E-state index in [1.165, 1.54) is 0 Å². The number of ketones is 1. The molecule has 0 saturated carbocycles. The van der Waals surface area contributed by atoms with E-state index in [1.807, 2.05) is 42.5 Å². The lowest BCUT2D eigenvalue weighted by atomic mass is 9.88. The molecule has 0 amide bonds. The van der Waals surface area contributed by atoms with E-state index in [1.54, 1.807) is 26.6 Å². The number of nitrogens with one attached hydrogen (secondary N) is 1. The maximum atomic E-state index is 13.4. The molecule has 2 heterocycles. The van der Waals surface area contributed by atoms with Crippen LogP contribution >= 0.6 is 15.9 Å². The number of carbonyl (C=O) groups excluding carboxylic acids is 1. The van der Waals surface area contributed by atoms with Crippen molar-refractivity contribution in [2.45, 2.75) is 19.4 Å². The van der Waals surface area contributed by atoms with Crippen LogP contribution in [0.15, 0.2) is 59.3 Å². The molecule has 33 heavy (non-hydrogen) atoms. The van der Waals surface area contributed by atoms with Crippen molar-refractivity contribution in [3.63, 3.8) is 0 Å². The number of benzene rings is 2. The number of halogens is 1. The van der Waals surface area contributed by atoms with Gasteiger partial charge in [0.05, 0.1) is 14.2 Å². The highest BCUT2D eigenvalue weighted by atomic mass is 79.9. The van der Waals surface area contributed by atoms with Crippen LogP contribution in [0.4, 0.5) is 11.6 Å². The molecular formula is C25H27BrN4O3. The van der Waals surface area contributed by atoms with E-state index in [0.717, 1.165) is 59.1 Å². The number of carbonyl (C=O) groups is 1. The summed E-state index contributed by atoms with van der Waals surface area (Å²) in [7, 11) is 3.27. The number of piperidine rings is 1. The second-order valence-corrected chi connectivity index (χ2v) is 8.81. The molecule has 0 unspecified atom stereocenters. The first-order valence-electron chi connectivity index (χ1n) is 10.9. The maximum Gasteiger partial charge on any atom is 0.225 e. The van der Waals surface area contributed by atoms with Gasteiger partial charge in [-0.3, -0.25) is 4.79 Å². The Kier molecular flexibility index (Phi) is 7.44. The van der Waals surface area contributed by atoms with E-state index in [-0.39, 0.29) is 11.7 Å². The lowest BCUT2D eigenvalue weighted by Crippen LogP contribution is -2.37. The third-order valence-electron chi connectivity index (χ3n) is 5.91. The molecule has 0 radical (unpaired) electrons. The van der Waals surface area contributed by atoms with Crippen LogP contribution in [0.25, 0.3) is 0 Å². The van der Waals surface area contributed by atoms with Gasteiger partial charge in [0.2, 0.25) is 5.95 Å². The molecule has 1 N–H and O–H groups in total. The van der Waals surface area contributed by atoms with Crippen LogP contribution in [0.3, 0.4) is 0 Å². The third kappa shape index (κ3) is 5.45. The summed E-state index contributed by atoms with van der Waals surface area (Å²) in [4.78, 5) is 24.2. The van der Waals surface area contributed by atoms with Gasteiger partial charge in [-0.1, -0.05) is 15.9 Å². The fraction of sp³-hybridized carbons (Fsp3) is 0.320. The van der Waals surface area contributed by atoms with Gasteiger partial charge in [0.1, 0.15) is 11.5 Å². The van der Waals surface area contributed by atoms with Crippen molar-refractivity contribution >= 4 is 33.3 Å². The lowest BCUT2D eigenvalue weighted by Gasteiger charge is -2.31. The fourth-order valence-electron chi connectivity index (χ4n) is 4.08. The number of nitrogens with zero attached hydrogens (tertiary/aromatic N) is 3. The molecule has 1 fully saturated rings. The molecule has 7 nitrogen and oxygen atoms in total. The normalized spacial score (nSPS) is 14.1. The summed E-state index contributed by atoms with van der Waals surface area (Å²) < 4.78 is 11.7. The van der Waals surface area contributed by atoms with Crippen LogP contribution in [-0.4, -0.2) is 43.1 Å². The van der Waals surface area contributed by atoms with Crippen molar-refractivity contribution in [2.75, 3.05) is 37.5 Å². The Balaban J connectivity index is 1.46. The molecule has 3 aromatic rings. The van der Waals surface area contributed by atoms with Crippen molar-refractivity contribution in [1.82, 2.24) is 9.97 Å². The first-order valence-corrected chi connectivity index (χ1v) is 11.7. The maximum absolute atomic E-state index is 13.4. The Morgan fingerprint density at radius 3 is 2.55 bits per heavy atom. The molecule has 0 bridgehead atoms. The first kappa shape index (κ1) is 23.0. The number of anilines is 2. The molecule has 0 atom stereocenters. The highest BCUT2D eigenvalue weighted by Crippen LogP contribution is 2.30. The highest BCUT2D eigenvalue weighted by Gasteiger charge is 2.28. The zero-order chi connectivity index (χ0) is 23.2. The average Bonchev–Trinajstić information content (AvgIpc) is 2.87. The monoisotopic (exact) mass is 510 g/mol. The van der Waals surface area contributed by atoms with Gasteiger partial charge in [-0.05, 0) is 49.2 Å². The van der Waals surface area contributed by atoms with Crippen molar-refractivity contribution in [2.24, 2.45) is 5.92 Å². The number of aromatic nitrogens is 2. The van der Waals surface area contributed by atoms with Gasteiger partial charge in [0.25, 0.3) is 0 Å². The van der Waals surface area contributed by atoms with Crippen LogP contribution in [0.1, 0.15) is 28.8 Å². The summed E-state index contributed by atoms with van der Waals surface area (Å²) in [6.45, 7) is 2.05. The molecular weight excluding hydrogens is 484 g/mol. The van der Waals surface area contributed by atoms with Gasteiger partial charge in [-0.2, -0.15) is 0 Å². The molecule has 1 saturated heterocycles. The summed E-state index contributed by atoms with van der Waals surface area (Å²) in [5.74, 6) is 2.34. The average molecular weight is 511 g/mol. The van der Waals surface area contributed by atoms with Crippen molar-refractivity contribution < 1.29 is 14.3 Å². The topological polar surface area (TPSA) is 76.6 Å². The number of hydrogen-bond donors (Lipinski definition) is 1. The van der Waals surface area contributed by atoms with Crippen LogP contribution in [0, 0.1) is 5.92 Å². The van der Waals surface area contributed by atoms with E-state index >= 15 is 0 Å². The SMILES string of the molecule is COc1ccc(CNc2cc(Br)ccc2C(=O)C2CCN(c3ncccn3)CC2)c(OC)c1. The zero-order valence-electron chi connectivity index (χ0n) is 18.8. The second-order valence-electron chi connectivity index (χ2n) is 7.90. The van der Waals surface area contributed by atoms with Crippen LogP contribution in [0.5, 0.6) is 11.5 Å². The van der Waals surface area contributed by atoms with Crippen molar-refractivity contribution in [1.29, 1.82) is 0 Å². The smallest absolute Gasteiger partial charge is 0.225 e. The number of ether oxygens (including phenoxy) is 2. The largest absolute Gasteiger partial charge is 0.497 e. The number of Topliss-reactive ketones (excluding diaryl/α,β-unsaturated/α-hetero) is 1. The molecule has 0 aliphatic carbocycles. The number of hydrogen-bond acceptors (Lipinski definition) is 7. The molecule has 1 aliphatic rings. The van der Waals surface area contributed by atoms with Crippen molar-refractivity contribution in [3.8, 4) is 11.5 Å². The molecule has 172 valence electrons. The predicted molar refractivity (Wildman–Crippen MR) is 132 cm³/mol. The van der Waals surface area contributed by atoms with E-state index in [9.17, 15) is 4.79 Å². The zero-order valence-corrected chi connectivity index (χ0v) is 20.3. The molecule has 4 rings (SSSR count). The summed E-state index contributed by atoms with van der Waals surface area (Å²) in [5.41, 5.74) is 2.49. The van der Waals surface area contributed by atoms with Crippen LogP contribution in [0.2, 0.25) is 0 Å². The van der Waals surface area contributed by atoms with E-state index in [2.05, 4.69) is 36.1 Å². The van der Waals surface area contributed by atoms with Crippen LogP contribution in [-0.2, 0) is 6.54 Å². The number of rotatable bonds is 8. The summed E-state index contributed by atoms with van der Waals surface area (Å²) >= 11 is 3.54. The lowest BCUT2D eigenvalue weighted by molar-refractivity contribution is 0.0901. The van der Waals surface area contributed by atoms with Gasteiger partial charge in [-0.25, -0.2) is 9.97 Å². The Bertz CT molecular complexity index is 1100. The third-order valence-corrected chi connectivity index (χ3v) is 6.40. The molecule has 2 aromatic carbocycles. The second kappa shape index (κ2) is 10.7. The fourth-order valence-corrected chi connectivity index (χ4v) is 4.44. The Hall–Kier alpha value is -3.13. The quantitative estimate of drug-likeness (QED) is 0.428.